The van der Waals surface area contributed by atoms with E-state index < -0.39 is 0 Å². The molecule has 142 valence electrons. The minimum atomic E-state index is -0.244. The van der Waals surface area contributed by atoms with Gasteiger partial charge in [-0.2, -0.15) is 0 Å². The fraction of sp³-hybridized carbons (Fsp3) is 0.261. The van der Waals surface area contributed by atoms with E-state index in [0.717, 1.165) is 11.1 Å². The van der Waals surface area contributed by atoms with Gasteiger partial charge >= 0.3 is 0 Å². The lowest BCUT2D eigenvalue weighted by atomic mass is 9.85. The third kappa shape index (κ3) is 3.60. The van der Waals surface area contributed by atoms with Gasteiger partial charge in [-0.3, -0.25) is 19.3 Å². The molecule has 0 saturated carbocycles. The number of imide groups is 1. The molecule has 1 heterocycles. The minimum absolute atomic E-state index is 0.102. The molecule has 5 nitrogen and oxygen atoms in total. The maximum absolute atomic E-state index is 12.4. The molecular formula is C23H22N2O3. The first kappa shape index (κ1) is 18.2. The number of allylic oxidation sites excluding steroid dienone is 2. The Labute approximate surface area is 164 Å². The van der Waals surface area contributed by atoms with Crippen molar-refractivity contribution in [2.24, 2.45) is 11.8 Å². The van der Waals surface area contributed by atoms with E-state index in [4.69, 9.17) is 0 Å². The van der Waals surface area contributed by atoms with Crippen LogP contribution in [0.5, 0.6) is 0 Å². The Kier molecular flexibility index (Phi) is 5.06. The summed E-state index contributed by atoms with van der Waals surface area (Å²) >= 11 is 0. The largest absolute Gasteiger partial charge is 0.326 e. The van der Waals surface area contributed by atoms with Crippen LogP contribution in [-0.2, 0) is 14.4 Å². The lowest BCUT2D eigenvalue weighted by Crippen LogP contribution is -2.34. The van der Waals surface area contributed by atoms with E-state index in [1.54, 1.807) is 0 Å². The molecule has 0 unspecified atom stereocenters. The van der Waals surface area contributed by atoms with E-state index in [1.165, 1.54) is 4.90 Å². The molecule has 0 spiro atoms. The van der Waals surface area contributed by atoms with Gasteiger partial charge in [0.1, 0.15) is 0 Å². The zero-order valence-electron chi connectivity index (χ0n) is 15.5. The molecule has 3 amide bonds. The first-order chi connectivity index (χ1) is 13.6. The van der Waals surface area contributed by atoms with Gasteiger partial charge in [-0.15, -0.1) is 0 Å². The van der Waals surface area contributed by atoms with Crippen molar-refractivity contribution in [3.05, 3.63) is 66.7 Å². The number of likely N-dealkylation sites (tertiary alicyclic amines) is 1. The Morgan fingerprint density at radius 2 is 1.43 bits per heavy atom. The third-order valence-electron chi connectivity index (χ3n) is 5.44. The predicted octanol–water partition coefficient (Wildman–Crippen LogP) is 3.63. The van der Waals surface area contributed by atoms with Crippen LogP contribution >= 0.6 is 0 Å². The Hall–Kier alpha value is -3.21. The molecular weight excluding hydrogens is 352 g/mol. The average molecular weight is 374 g/mol. The van der Waals surface area contributed by atoms with Crippen molar-refractivity contribution in [2.45, 2.75) is 19.3 Å². The molecule has 4 rings (SSSR count). The van der Waals surface area contributed by atoms with Crippen LogP contribution in [0.1, 0.15) is 19.3 Å². The summed E-state index contributed by atoms with van der Waals surface area (Å²) in [4.78, 5) is 38.4. The Morgan fingerprint density at radius 1 is 0.857 bits per heavy atom. The topological polar surface area (TPSA) is 66.5 Å². The Balaban J connectivity index is 1.32. The second kappa shape index (κ2) is 7.80. The summed E-state index contributed by atoms with van der Waals surface area (Å²) in [6.07, 6.45) is 5.26. The molecule has 1 N–H and O–H groups in total. The Morgan fingerprint density at radius 3 is 2.04 bits per heavy atom. The quantitative estimate of drug-likeness (QED) is 0.642. The monoisotopic (exact) mass is 374 g/mol. The van der Waals surface area contributed by atoms with Gasteiger partial charge in [0, 0.05) is 18.7 Å². The van der Waals surface area contributed by atoms with Gasteiger partial charge in [0.05, 0.1) is 11.8 Å². The number of anilines is 1. The summed E-state index contributed by atoms with van der Waals surface area (Å²) in [5.41, 5.74) is 2.88. The highest BCUT2D eigenvalue weighted by molar-refractivity contribution is 6.05. The SMILES string of the molecule is O=C(CCN1C(=O)[C@@H]2CC=CC[C@H]2C1=O)Nc1ccc(-c2ccccc2)cc1. The van der Waals surface area contributed by atoms with Crippen molar-refractivity contribution >= 4 is 23.4 Å². The van der Waals surface area contributed by atoms with E-state index in [-0.39, 0.29) is 42.5 Å². The fourth-order valence-corrected chi connectivity index (χ4v) is 3.90. The first-order valence-corrected chi connectivity index (χ1v) is 9.59. The van der Waals surface area contributed by atoms with Crippen LogP contribution < -0.4 is 5.32 Å². The smallest absolute Gasteiger partial charge is 0.233 e. The molecule has 5 heteroatoms. The van der Waals surface area contributed by atoms with Crippen molar-refractivity contribution in [1.82, 2.24) is 4.90 Å². The maximum Gasteiger partial charge on any atom is 0.233 e. The van der Waals surface area contributed by atoms with Gasteiger partial charge in [0.15, 0.2) is 0 Å². The molecule has 1 aliphatic carbocycles. The maximum atomic E-state index is 12.4. The van der Waals surface area contributed by atoms with Crippen LogP contribution in [0.3, 0.4) is 0 Å². The van der Waals surface area contributed by atoms with Crippen LogP contribution in [0.15, 0.2) is 66.7 Å². The predicted molar refractivity (Wildman–Crippen MR) is 107 cm³/mol. The molecule has 1 saturated heterocycles. The van der Waals surface area contributed by atoms with Crippen LogP contribution in [0.25, 0.3) is 11.1 Å². The summed E-state index contributed by atoms with van der Waals surface area (Å²) in [6, 6.07) is 17.6. The van der Waals surface area contributed by atoms with Crippen LogP contribution in [0, 0.1) is 11.8 Å². The summed E-state index contributed by atoms with van der Waals surface area (Å²) < 4.78 is 0. The molecule has 28 heavy (non-hydrogen) atoms. The molecule has 0 aromatic heterocycles. The zero-order valence-corrected chi connectivity index (χ0v) is 15.5. The van der Waals surface area contributed by atoms with E-state index in [1.807, 2.05) is 66.7 Å². The number of rotatable bonds is 5. The minimum Gasteiger partial charge on any atom is -0.326 e. The van der Waals surface area contributed by atoms with Crippen LogP contribution in [0.2, 0.25) is 0 Å². The molecule has 0 bridgehead atoms. The van der Waals surface area contributed by atoms with Gasteiger partial charge in [-0.25, -0.2) is 0 Å². The van der Waals surface area contributed by atoms with Crippen molar-refractivity contribution in [1.29, 1.82) is 0 Å². The molecule has 2 aliphatic rings. The normalized spacial score (nSPS) is 20.9. The summed E-state index contributed by atoms with van der Waals surface area (Å²) in [7, 11) is 0. The van der Waals surface area contributed by atoms with E-state index in [2.05, 4.69) is 5.32 Å². The summed E-state index contributed by atoms with van der Waals surface area (Å²) in [5, 5.41) is 2.84. The molecule has 2 atom stereocenters. The number of nitrogens with one attached hydrogen (secondary N) is 1. The number of nitrogens with zero attached hydrogens (tertiary/aromatic N) is 1. The number of benzene rings is 2. The molecule has 1 aliphatic heterocycles. The number of hydrogen-bond donors (Lipinski definition) is 1. The second-order valence-corrected chi connectivity index (χ2v) is 7.23. The first-order valence-electron chi connectivity index (χ1n) is 9.59. The van der Waals surface area contributed by atoms with Gasteiger partial charge in [-0.05, 0) is 36.1 Å². The number of carbonyl (C=O) groups excluding carboxylic acids is 3. The second-order valence-electron chi connectivity index (χ2n) is 7.23. The average Bonchev–Trinajstić information content (AvgIpc) is 2.98. The van der Waals surface area contributed by atoms with E-state index in [0.29, 0.717) is 18.5 Å². The summed E-state index contributed by atoms with van der Waals surface area (Å²) in [6.45, 7) is 0.137. The number of amides is 3. The van der Waals surface area contributed by atoms with Gasteiger partial charge < -0.3 is 5.32 Å². The van der Waals surface area contributed by atoms with Crippen LogP contribution in [0.4, 0.5) is 5.69 Å². The summed E-state index contributed by atoms with van der Waals surface area (Å²) in [5.74, 6) is -0.975. The zero-order chi connectivity index (χ0) is 19.5. The number of fused-ring (bicyclic) bond motifs is 1. The molecule has 0 radical (unpaired) electrons. The molecule has 1 fully saturated rings. The third-order valence-corrected chi connectivity index (χ3v) is 5.44. The molecule has 2 aromatic rings. The highest BCUT2D eigenvalue weighted by Crippen LogP contribution is 2.35. The van der Waals surface area contributed by atoms with Crippen molar-refractivity contribution in [2.75, 3.05) is 11.9 Å². The van der Waals surface area contributed by atoms with Crippen molar-refractivity contribution < 1.29 is 14.4 Å². The Bertz CT molecular complexity index is 893. The van der Waals surface area contributed by atoms with Gasteiger partial charge in [0.25, 0.3) is 0 Å². The highest BCUT2D eigenvalue weighted by atomic mass is 16.2. The lowest BCUT2D eigenvalue weighted by molar-refractivity contribution is -0.140. The number of hydrogen-bond acceptors (Lipinski definition) is 3. The van der Waals surface area contributed by atoms with Crippen molar-refractivity contribution in [3.63, 3.8) is 0 Å². The highest BCUT2D eigenvalue weighted by Gasteiger charge is 2.46. The standard InChI is InChI=1S/C23H22N2O3/c26-21(14-15-25-22(27)19-8-4-5-9-20(19)23(25)28)24-18-12-10-17(11-13-18)16-6-2-1-3-7-16/h1-7,10-13,19-20H,8-9,14-15H2,(H,24,26)/t19-,20-/m1/s1. The molecule has 2 aromatic carbocycles. The number of carbonyl (C=O) groups is 3. The van der Waals surface area contributed by atoms with Crippen LogP contribution in [-0.4, -0.2) is 29.2 Å². The lowest BCUT2D eigenvalue weighted by Gasteiger charge is -2.14. The van der Waals surface area contributed by atoms with Gasteiger partial charge in [0.2, 0.25) is 17.7 Å². The fourth-order valence-electron chi connectivity index (χ4n) is 3.90. The van der Waals surface area contributed by atoms with Crippen molar-refractivity contribution in [3.8, 4) is 11.1 Å². The van der Waals surface area contributed by atoms with Gasteiger partial charge in [-0.1, -0.05) is 54.6 Å². The van der Waals surface area contributed by atoms with E-state index >= 15 is 0 Å². The van der Waals surface area contributed by atoms with E-state index in [9.17, 15) is 14.4 Å².